The molecule has 3 rings (SSSR count). The highest BCUT2D eigenvalue weighted by Gasteiger charge is 2.16. The van der Waals surface area contributed by atoms with Crippen LogP contribution in [0.1, 0.15) is 11.4 Å². The number of aryl methyl sites for hydroxylation is 1. The molecule has 21 heavy (non-hydrogen) atoms. The maximum absolute atomic E-state index is 13.7. The van der Waals surface area contributed by atoms with E-state index in [1.54, 1.807) is 16.7 Å². The lowest BCUT2D eigenvalue weighted by Gasteiger charge is -2.11. The average Bonchev–Trinajstić information content (AvgIpc) is 2.79. The molecule has 0 N–H and O–H groups in total. The van der Waals surface area contributed by atoms with Crippen molar-refractivity contribution in [1.82, 2.24) is 9.55 Å². The fraction of sp³-hybridized carbons (Fsp3) is 0.133. The minimum absolute atomic E-state index is 0.143. The van der Waals surface area contributed by atoms with Gasteiger partial charge in [0.05, 0.1) is 27.1 Å². The summed E-state index contributed by atoms with van der Waals surface area (Å²) >= 11 is 9.11. The topological polar surface area (TPSA) is 17.8 Å². The van der Waals surface area contributed by atoms with Gasteiger partial charge >= 0.3 is 0 Å². The van der Waals surface area contributed by atoms with Crippen molar-refractivity contribution >= 4 is 38.6 Å². The van der Waals surface area contributed by atoms with Gasteiger partial charge in [0.15, 0.2) is 0 Å². The Kier molecular flexibility index (Phi) is 3.71. The SMILES string of the molecule is Cc1ccc(F)cc1-n1c(CCl)nc2cc(F)c(Br)cc21. The lowest BCUT2D eigenvalue weighted by atomic mass is 10.2. The summed E-state index contributed by atoms with van der Waals surface area (Å²) in [5.74, 6) is -0.0644. The van der Waals surface area contributed by atoms with E-state index < -0.39 is 5.82 Å². The molecule has 0 saturated carbocycles. The van der Waals surface area contributed by atoms with Crippen LogP contribution < -0.4 is 0 Å². The largest absolute Gasteiger partial charge is 0.295 e. The molecule has 0 unspecified atom stereocenters. The molecule has 0 aliphatic carbocycles. The monoisotopic (exact) mass is 370 g/mol. The van der Waals surface area contributed by atoms with Crippen LogP contribution >= 0.6 is 27.5 Å². The number of aromatic nitrogens is 2. The minimum Gasteiger partial charge on any atom is -0.295 e. The molecule has 0 spiro atoms. The smallest absolute Gasteiger partial charge is 0.139 e. The summed E-state index contributed by atoms with van der Waals surface area (Å²) in [6, 6.07) is 7.46. The number of halogens is 4. The van der Waals surface area contributed by atoms with Crippen LogP contribution in [0.25, 0.3) is 16.7 Å². The lowest BCUT2D eigenvalue weighted by molar-refractivity contribution is 0.622. The fourth-order valence-corrected chi connectivity index (χ4v) is 2.82. The van der Waals surface area contributed by atoms with Crippen LogP contribution in [0.4, 0.5) is 8.78 Å². The summed E-state index contributed by atoms with van der Waals surface area (Å²) in [7, 11) is 0. The number of fused-ring (bicyclic) bond motifs is 1. The standard InChI is InChI=1S/C15H10BrClF2N2/c1-8-2-3-9(18)4-13(8)21-14-5-10(16)11(19)6-12(14)20-15(21)7-17/h2-6H,7H2,1H3. The van der Waals surface area contributed by atoms with Crippen LogP contribution in [-0.4, -0.2) is 9.55 Å². The summed E-state index contributed by atoms with van der Waals surface area (Å²) in [6.45, 7) is 1.87. The Bertz CT molecular complexity index is 845. The minimum atomic E-state index is -0.399. The highest BCUT2D eigenvalue weighted by molar-refractivity contribution is 9.10. The molecular weight excluding hydrogens is 362 g/mol. The van der Waals surface area contributed by atoms with E-state index in [4.69, 9.17) is 11.6 Å². The van der Waals surface area contributed by atoms with E-state index in [-0.39, 0.29) is 11.7 Å². The van der Waals surface area contributed by atoms with Crippen molar-refractivity contribution in [2.24, 2.45) is 0 Å². The summed E-state index contributed by atoms with van der Waals surface area (Å²) in [4.78, 5) is 4.33. The van der Waals surface area contributed by atoms with Crippen molar-refractivity contribution in [2.45, 2.75) is 12.8 Å². The second-order valence-corrected chi connectivity index (χ2v) is 5.80. The number of hydrogen-bond acceptors (Lipinski definition) is 1. The van der Waals surface area contributed by atoms with Crippen LogP contribution in [0.3, 0.4) is 0 Å². The molecule has 0 radical (unpaired) electrons. The number of benzene rings is 2. The number of alkyl halides is 1. The molecule has 3 aromatic rings. The summed E-state index contributed by atoms with van der Waals surface area (Å²) in [5.41, 5.74) is 2.68. The van der Waals surface area contributed by atoms with E-state index in [0.29, 0.717) is 27.0 Å². The van der Waals surface area contributed by atoms with E-state index in [2.05, 4.69) is 20.9 Å². The van der Waals surface area contributed by atoms with Crippen LogP contribution in [-0.2, 0) is 5.88 Å². The molecule has 1 aromatic heterocycles. The Labute approximate surface area is 133 Å². The van der Waals surface area contributed by atoms with E-state index in [1.165, 1.54) is 18.2 Å². The van der Waals surface area contributed by atoms with Gasteiger partial charge in [-0.3, -0.25) is 4.57 Å². The Hall–Kier alpha value is -1.46. The molecule has 0 aliphatic heterocycles. The first-order chi connectivity index (χ1) is 10.0. The lowest BCUT2D eigenvalue weighted by Crippen LogP contribution is -2.02. The molecule has 0 aliphatic rings. The Morgan fingerprint density at radius 3 is 2.71 bits per heavy atom. The number of nitrogens with zero attached hydrogens (tertiary/aromatic N) is 2. The Morgan fingerprint density at radius 2 is 2.00 bits per heavy atom. The van der Waals surface area contributed by atoms with Gasteiger partial charge in [-0.15, -0.1) is 11.6 Å². The third-order valence-electron chi connectivity index (χ3n) is 3.30. The van der Waals surface area contributed by atoms with E-state index in [9.17, 15) is 8.78 Å². The second-order valence-electron chi connectivity index (χ2n) is 4.68. The van der Waals surface area contributed by atoms with Crippen molar-refractivity contribution in [3.05, 3.63) is 57.8 Å². The van der Waals surface area contributed by atoms with Crippen molar-refractivity contribution in [2.75, 3.05) is 0 Å². The summed E-state index contributed by atoms with van der Waals surface area (Å²) in [5, 5.41) is 0. The van der Waals surface area contributed by atoms with Crippen LogP contribution in [0, 0.1) is 18.6 Å². The molecule has 0 amide bonds. The van der Waals surface area contributed by atoms with Gasteiger partial charge in [0.2, 0.25) is 0 Å². The number of imidazole rings is 1. The van der Waals surface area contributed by atoms with Crippen molar-refractivity contribution in [3.63, 3.8) is 0 Å². The maximum Gasteiger partial charge on any atom is 0.139 e. The van der Waals surface area contributed by atoms with Gasteiger partial charge in [0.25, 0.3) is 0 Å². The molecule has 108 valence electrons. The van der Waals surface area contributed by atoms with Crippen LogP contribution in [0.5, 0.6) is 0 Å². The number of hydrogen-bond donors (Lipinski definition) is 0. The van der Waals surface area contributed by atoms with E-state index >= 15 is 0 Å². The quantitative estimate of drug-likeness (QED) is 0.572. The molecule has 6 heteroatoms. The van der Waals surface area contributed by atoms with E-state index in [0.717, 1.165) is 5.56 Å². The average molecular weight is 372 g/mol. The zero-order valence-electron chi connectivity index (χ0n) is 11.0. The number of rotatable bonds is 2. The highest BCUT2D eigenvalue weighted by atomic mass is 79.9. The van der Waals surface area contributed by atoms with Crippen LogP contribution in [0.15, 0.2) is 34.8 Å². The maximum atomic E-state index is 13.7. The van der Waals surface area contributed by atoms with Gasteiger partial charge in [-0.1, -0.05) is 6.07 Å². The predicted octanol–water partition coefficient (Wildman–Crippen LogP) is 5.11. The fourth-order valence-electron chi connectivity index (χ4n) is 2.30. The zero-order valence-corrected chi connectivity index (χ0v) is 13.3. The van der Waals surface area contributed by atoms with E-state index in [1.807, 2.05) is 6.92 Å². The molecule has 0 saturated heterocycles. The first-order valence-electron chi connectivity index (χ1n) is 6.20. The van der Waals surface area contributed by atoms with Crippen molar-refractivity contribution in [3.8, 4) is 5.69 Å². The van der Waals surface area contributed by atoms with Crippen molar-refractivity contribution < 1.29 is 8.78 Å². The third kappa shape index (κ3) is 2.45. The van der Waals surface area contributed by atoms with Gasteiger partial charge in [-0.25, -0.2) is 13.8 Å². The molecule has 2 nitrogen and oxygen atoms in total. The second kappa shape index (κ2) is 5.39. The Balaban J connectivity index is 2.40. The zero-order chi connectivity index (χ0) is 15.1. The summed E-state index contributed by atoms with van der Waals surface area (Å²) < 4.78 is 29.3. The predicted molar refractivity (Wildman–Crippen MR) is 83.0 cm³/mol. The Morgan fingerprint density at radius 1 is 1.24 bits per heavy atom. The molecule has 0 bridgehead atoms. The van der Waals surface area contributed by atoms with Gasteiger partial charge in [0, 0.05) is 6.07 Å². The van der Waals surface area contributed by atoms with Gasteiger partial charge in [-0.2, -0.15) is 0 Å². The van der Waals surface area contributed by atoms with Gasteiger partial charge < -0.3 is 0 Å². The molecule has 1 heterocycles. The van der Waals surface area contributed by atoms with Crippen molar-refractivity contribution in [1.29, 1.82) is 0 Å². The summed E-state index contributed by atoms with van der Waals surface area (Å²) in [6.07, 6.45) is 0. The third-order valence-corrected chi connectivity index (χ3v) is 4.14. The molecule has 0 atom stereocenters. The van der Waals surface area contributed by atoms with Gasteiger partial charge in [0.1, 0.15) is 17.5 Å². The first-order valence-corrected chi connectivity index (χ1v) is 7.53. The normalized spacial score (nSPS) is 11.3. The first kappa shape index (κ1) is 14.5. The molecular formula is C15H10BrClF2N2. The molecule has 2 aromatic carbocycles. The highest BCUT2D eigenvalue weighted by Crippen LogP contribution is 2.29. The van der Waals surface area contributed by atoms with Crippen LogP contribution in [0.2, 0.25) is 0 Å². The molecule has 0 fully saturated rings. The van der Waals surface area contributed by atoms with Gasteiger partial charge in [-0.05, 0) is 46.6 Å².